The summed E-state index contributed by atoms with van der Waals surface area (Å²) in [5.41, 5.74) is 2.68. The van der Waals surface area contributed by atoms with E-state index in [1.54, 1.807) is 0 Å². The molecule has 1 saturated heterocycles. The number of thioether (sulfide) groups is 1. The van der Waals surface area contributed by atoms with Crippen molar-refractivity contribution < 1.29 is 4.84 Å². The summed E-state index contributed by atoms with van der Waals surface area (Å²) in [6, 6.07) is 9.75. The average molecular weight is 343 g/mol. The molecule has 0 unspecified atom stereocenters. The van der Waals surface area contributed by atoms with Crippen LogP contribution in [0.4, 0.5) is 0 Å². The first-order chi connectivity index (χ1) is 11.6. The van der Waals surface area contributed by atoms with Gasteiger partial charge >= 0.3 is 0 Å². The Morgan fingerprint density at radius 1 is 1.17 bits per heavy atom. The SMILES string of the molecule is CC1(C)ON(C2CCCCC2)[C@@H]2c3c([nH]c4ccccc34)SC[C@H]21. The number of hydroxylamine groups is 2. The molecule has 1 aromatic heterocycles. The molecule has 3 heterocycles. The summed E-state index contributed by atoms with van der Waals surface area (Å²) in [4.78, 5) is 10.3. The zero-order valence-corrected chi connectivity index (χ0v) is 15.4. The second-order valence-electron chi connectivity index (χ2n) is 8.12. The van der Waals surface area contributed by atoms with Gasteiger partial charge in [-0.2, -0.15) is 5.06 Å². The van der Waals surface area contributed by atoms with E-state index in [9.17, 15) is 0 Å². The Labute approximate surface area is 148 Å². The van der Waals surface area contributed by atoms with E-state index < -0.39 is 0 Å². The van der Waals surface area contributed by atoms with Gasteiger partial charge in [-0.3, -0.25) is 4.84 Å². The maximum atomic E-state index is 6.62. The molecule has 0 bridgehead atoms. The third-order valence-electron chi connectivity index (χ3n) is 6.24. The predicted molar refractivity (Wildman–Crippen MR) is 99.1 cm³/mol. The van der Waals surface area contributed by atoms with Gasteiger partial charge in [-0.05, 0) is 32.8 Å². The number of nitrogens with one attached hydrogen (secondary N) is 1. The van der Waals surface area contributed by atoms with Crippen molar-refractivity contribution in [2.75, 3.05) is 5.75 Å². The Hall–Kier alpha value is -0.970. The second kappa shape index (κ2) is 5.52. The molecule has 0 amide bonds. The van der Waals surface area contributed by atoms with Gasteiger partial charge in [0.1, 0.15) is 0 Å². The molecule has 24 heavy (non-hydrogen) atoms. The van der Waals surface area contributed by atoms with E-state index in [2.05, 4.69) is 48.2 Å². The summed E-state index contributed by atoms with van der Waals surface area (Å²) in [6.07, 6.45) is 6.64. The van der Waals surface area contributed by atoms with E-state index in [1.807, 2.05) is 11.8 Å². The van der Waals surface area contributed by atoms with Crippen LogP contribution in [-0.2, 0) is 4.84 Å². The Morgan fingerprint density at radius 3 is 2.79 bits per heavy atom. The van der Waals surface area contributed by atoms with Crippen molar-refractivity contribution in [3.8, 4) is 0 Å². The number of hydrogen-bond donors (Lipinski definition) is 1. The Morgan fingerprint density at radius 2 is 1.96 bits per heavy atom. The van der Waals surface area contributed by atoms with Crippen LogP contribution in [-0.4, -0.2) is 27.4 Å². The van der Waals surface area contributed by atoms with Crippen LogP contribution in [0.25, 0.3) is 10.9 Å². The van der Waals surface area contributed by atoms with Crippen molar-refractivity contribution in [2.24, 2.45) is 5.92 Å². The first-order valence-electron chi connectivity index (χ1n) is 9.36. The zero-order valence-electron chi connectivity index (χ0n) is 14.5. The summed E-state index contributed by atoms with van der Waals surface area (Å²) < 4.78 is 0. The van der Waals surface area contributed by atoms with Gasteiger partial charge in [-0.1, -0.05) is 37.5 Å². The van der Waals surface area contributed by atoms with Crippen LogP contribution in [0.2, 0.25) is 0 Å². The van der Waals surface area contributed by atoms with Gasteiger partial charge in [-0.15, -0.1) is 11.8 Å². The molecule has 0 spiro atoms. The summed E-state index contributed by atoms with van der Waals surface area (Å²) in [7, 11) is 0. The van der Waals surface area contributed by atoms with Crippen molar-refractivity contribution in [1.82, 2.24) is 10.0 Å². The van der Waals surface area contributed by atoms with Crippen molar-refractivity contribution in [2.45, 2.75) is 68.7 Å². The van der Waals surface area contributed by atoms with Crippen molar-refractivity contribution in [3.05, 3.63) is 29.8 Å². The van der Waals surface area contributed by atoms with E-state index in [-0.39, 0.29) is 5.60 Å². The standard InChI is InChI=1S/C20H26N2OS/c1-20(2)15-12-24-19-17(14-10-6-7-11-16(14)21-19)18(15)22(23-20)13-8-4-3-5-9-13/h6-7,10-11,13,15,18,21H,3-5,8-9,12H2,1-2H3/t15-,18+/m1/s1. The minimum atomic E-state index is -0.0782. The number of benzene rings is 1. The van der Waals surface area contributed by atoms with E-state index in [0.717, 1.165) is 5.75 Å². The lowest BCUT2D eigenvalue weighted by atomic mass is 9.82. The van der Waals surface area contributed by atoms with Crippen LogP contribution in [0.1, 0.15) is 57.6 Å². The van der Waals surface area contributed by atoms with Crippen LogP contribution < -0.4 is 0 Å². The largest absolute Gasteiger partial charge is 0.349 e. The molecule has 4 heteroatoms. The molecular formula is C20H26N2OS. The monoisotopic (exact) mass is 342 g/mol. The Bertz CT molecular complexity index is 762. The summed E-state index contributed by atoms with van der Waals surface area (Å²) in [5.74, 6) is 1.69. The molecule has 2 aromatic rings. The first kappa shape index (κ1) is 15.3. The van der Waals surface area contributed by atoms with Crippen LogP contribution in [0.15, 0.2) is 29.3 Å². The number of aromatic nitrogens is 1. The third kappa shape index (κ3) is 2.19. The Balaban J connectivity index is 1.64. The lowest BCUT2D eigenvalue weighted by molar-refractivity contribution is -0.223. The molecule has 0 radical (unpaired) electrons. The number of fused-ring (bicyclic) bond motifs is 5. The number of H-pyrrole nitrogens is 1. The van der Waals surface area contributed by atoms with Gasteiger partial charge in [0, 0.05) is 34.2 Å². The molecule has 1 saturated carbocycles. The number of para-hydroxylation sites is 1. The average Bonchev–Trinajstić information content (AvgIpc) is 3.10. The van der Waals surface area contributed by atoms with Crippen molar-refractivity contribution >= 4 is 22.7 Å². The van der Waals surface area contributed by atoms with Gasteiger partial charge in [0.25, 0.3) is 0 Å². The molecule has 1 N–H and O–H groups in total. The van der Waals surface area contributed by atoms with Crippen molar-refractivity contribution in [1.29, 1.82) is 0 Å². The highest BCUT2D eigenvalue weighted by Crippen LogP contribution is 2.56. The van der Waals surface area contributed by atoms with Crippen molar-refractivity contribution in [3.63, 3.8) is 0 Å². The lowest BCUT2D eigenvalue weighted by Gasteiger charge is -2.36. The highest BCUT2D eigenvalue weighted by molar-refractivity contribution is 7.99. The van der Waals surface area contributed by atoms with E-state index in [0.29, 0.717) is 18.0 Å². The molecule has 5 rings (SSSR count). The maximum Gasteiger partial charge on any atom is 0.0899 e. The second-order valence-corrected chi connectivity index (χ2v) is 9.15. The summed E-state index contributed by atoms with van der Waals surface area (Å²) in [6.45, 7) is 4.57. The lowest BCUT2D eigenvalue weighted by Crippen LogP contribution is -2.37. The molecule has 3 nitrogen and oxygen atoms in total. The first-order valence-corrected chi connectivity index (χ1v) is 10.3. The molecule has 2 aliphatic heterocycles. The molecule has 128 valence electrons. The van der Waals surface area contributed by atoms with Gasteiger partial charge in [0.05, 0.1) is 16.7 Å². The van der Waals surface area contributed by atoms with Gasteiger partial charge < -0.3 is 4.98 Å². The molecular weight excluding hydrogens is 316 g/mol. The molecule has 1 aromatic carbocycles. The van der Waals surface area contributed by atoms with E-state index in [1.165, 1.54) is 53.6 Å². The van der Waals surface area contributed by atoms with E-state index >= 15 is 0 Å². The number of rotatable bonds is 1. The van der Waals surface area contributed by atoms with Crippen LogP contribution >= 0.6 is 11.8 Å². The van der Waals surface area contributed by atoms with Gasteiger partial charge in [0.2, 0.25) is 0 Å². The van der Waals surface area contributed by atoms with Gasteiger partial charge in [-0.25, -0.2) is 0 Å². The van der Waals surface area contributed by atoms with E-state index in [4.69, 9.17) is 4.84 Å². The number of hydrogen-bond acceptors (Lipinski definition) is 3. The van der Waals surface area contributed by atoms with Gasteiger partial charge in [0.15, 0.2) is 0 Å². The fourth-order valence-electron chi connectivity index (χ4n) is 4.93. The quantitative estimate of drug-likeness (QED) is 0.763. The minimum Gasteiger partial charge on any atom is -0.349 e. The molecule has 1 aliphatic carbocycles. The third-order valence-corrected chi connectivity index (χ3v) is 7.37. The zero-order chi connectivity index (χ0) is 16.3. The predicted octanol–water partition coefficient (Wildman–Crippen LogP) is 5.29. The van der Waals surface area contributed by atoms with Crippen LogP contribution in [0.3, 0.4) is 0 Å². The summed E-state index contributed by atoms with van der Waals surface area (Å²) >= 11 is 1.98. The normalized spacial score (nSPS) is 30.4. The topological polar surface area (TPSA) is 28.3 Å². The Kier molecular flexibility index (Phi) is 3.52. The fraction of sp³-hybridized carbons (Fsp3) is 0.600. The fourth-order valence-corrected chi connectivity index (χ4v) is 6.43. The smallest absolute Gasteiger partial charge is 0.0899 e. The molecule has 2 atom stereocenters. The summed E-state index contributed by atoms with van der Waals surface area (Å²) in [5, 5.41) is 5.17. The van der Waals surface area contributed by atoms with Crippen LogP contribution in [0, 0.1) is 5.92 Å². The number of nitrogens with zero attached hydrogens (tertiary/aromatic N) is 1. The van der Waals surface area contributed by atoms with Crippen LogP contribution in [0.5, 0.6) is 0 Å². The number of aromatic amines is 1. The minimum absolute atomic E-state index is 0.0782. The highest BCUT2D eigenvalue weighted by Gasteiger charge is 2.54. The molecule has 3 aliphatic rings. The molecule has 2 fully saturated rings. The highest BCUT2D eigenvalue weighted by atomic mass is 32.2. The maximum absolute atomic E-state index is 6.62.